The zero-order valence-corrected chi connectivity index (χ0v) is 12.9. The lowest BCUT2D eigenvalue weighted by Gasteiger charge is -2.39. The SMILES string of the molecule is CNC(=O)C1CN(Cc2csc(C)n2)CCN1C(C)=O. The molecule has 6 nitrogen and oxygen atoms in total. The van der Waals surface area contributed by atoms with Gasteiger partial charge in [-0.05, 0) is 6.92 Å². The third-order valence-corrected chi connectivity index (χ3v) is 4.29. The number of rotatable bonds is 3. The van der Waals surface area contributed by atoms with Gasteiger partial charge in [0.15, 0.2) is 0 Å². The summed E-state index contributed by atoms with van der Waals surface area (Å²) in [4.78, 5) is 31.8. The Morgan fingerprint density at radius 2 is 2.25 bits per heavy atom. The average Bonchev–Trinajstić information content (AvgIpc) is 2.82. The molecule has 0 bridgehead atoms. The zero-order valence-electron chi connectivity index (χ0n) is 12.0. The average molecular weight is 296 g/mol. The highest BCUT2D eigenvalue weighted by atomic mass is 32.1. The summed E-state index contributed by atoms with van der Waals surface area (Å²) in [7, 11) is 1.60. The van der Waals surface area contributed by atoms with E-state index in [4.69, 9.17) is 0 Å². The standard InChI is InChI=1S/C13H20N4O2S/c1-9-15-11(8-20-9)6-16-4-5-17(10(2)18)12(7-16)13(19)14-3/h8,12H,4-7H2,1-3H3,(H,14,19). The molecule has 7 heteroatoms. The molecule has 1 unspecified atom stereocenters. The number of carbonyl (C=O) groups excluding carboxylic acids is 2. The summed E-state index contributed by atoms with van der Waals surface area (Å²) in [5.41, 5.74) is 1.03. The molecule has 0 radical (unpaired) electrons. The fourth-order valence-corrected chi connectivity index (χ4v) is 3.06. The number of hydrogen-bond acceptors (Lipinski definition) is 5. The van der Waals surface area contributed by atoms with E-state index >= 15 is 0 Å². The van der Waals surface area contributed by atoms with Crippen molar-refractivity contribution < 1.29 is 9.59 Å². The van der Waals surface area contributed by atoms with Gasteiger partial charge in [-0.2, -0.15) is 0 Å². The van der Waals surface area contributed by atoms with E-state index in [0.29, 0.717) is 13.1 Å². The summed E-state index contributed by atoms with van der Waals surface area (Å²) in [6.07, 6.45) is 0. The molecule has 110 valence electrons. The Kier molecular flexibility index (Phi) is 4.72. The van der Waals surface area contributed by atoms with Crippen molar-refractivity contribution in [1.82, 2.24) is 20.1 Å². The van der Waals surface area contributed by atoms with Crippen molar-refractivity contribution in [1.29, 1.82) is 0 Å². The van der Waals surface area contributed by atoms with E-state index in [1.165, 1.54) is 6.92 Å². The molecule has 1 aliphatic rings. The maximum Gasteiger partial charge on any atom is 0.243 e. The second-order valence-corrected chi connectivity index (χ2v) is 6.00. The van der Waals surface area contributed by atoms with Crippen molar-refractivity contribution in [3.05, 3.63) is 16.1 Å². The molecular weight excluding hydrogens is 276 g/mol. The first kappa shape index (κ1) is 14.9. The summed E-state index contributed by atoms with van der Waals surface area (Å²) < 4.78 is 0. The Bertz CT molecular complexity index is 502. The van der Waals surface area contributed by atoms with Gasteiger partial charge in [-0.25, -0.2) is 4.98 Å². The molecule has 1 aliphatic heterocycles. The van der Waals surface area contributed by atoms with Crippen molar-refractivity contribution in [2.75, 3.05) is 26.7 Å². The third kappa shape index (κ3) is 3.34. The van der Waals surface area contributed by atoms with Gasteiger partial charge in [-0.1, -0.05) is 0 Å². The molecule has 1 atom stereocenters. The lowest BCUT2D eigenvalue weighted by molar-refractivity contribution is -0.142. The Balaban J connectivity index is 2.04. The highest BCUT2D eigenvalue weighted by Crippen LogP contribution is 2.15. The Labute approximate surface area is 122 Å². The van der Waals surface area contributed by atoms with Crippen LogP contribution in [0.4, 0.5) is 0 Å². The number of aromatic nitrogens is 1. The Morgan fingerprint density at radius 3 is 2.80 bits per heavy atom. The van der Waals surface area contributed by atoms with Gasteiger partial charge in [0.2, 0.25) is 11.8 Å². The van der Waals surface area contributed by atoms with Gasteiger partial charge in [0.25, 0.3) is 0 Å². The number of likely N-dealkylation sites (N-methyl/N-ethyl adjacent to an activating group) is 1. The monoisotopic (exact) mass is 296 g/mol. The van der Waals surface area contributed by atoms with E-state index in [1.54, 1.807) is 23.3 Å². The van der Waals surface area contributed by atoms with Gasteiger partial charge in [0, 0.05) is 45.5 Å². The first-order valence-electron chi connectivity index (χ1n) is 6.63. The van der Waals surface area contributed by atoms with Crippen LogP contribution in [0.25, 0.3) is 0 Å². The molecule has 1 aromatic rings. The van der Waals surface area contributed by atoms with E-state index in [1.807, 2.05) is 12.3 Å². The quantitative estimate of drug-likeness (QED) is 0.867. The molecule has 0 spiro atoms. The van der Waals surface area contributed by atoms with Crippen LogP contribution in [0.3, 0.4) is 0 Å². The van der Waals surface area contributed by atoms with Gasteiger partial charge >= 0.3 is 0 Å². The Hall–Kier alpha value is -1.47. The molecular formula is C13H20N4O2S. The first-order valence-corrected chi connectivity index (χ1v) is 7.51. The topological polar surface area (TPSA) is 65.5 Å². The fourth-order valence-electron chi connectivity index (χ4n) is 2.46. The minimum absolute atomic E-state index is 0.0530. The minimum Gasteiger partial charge on any atom is -0.357 e. The molecule has 20 heavy (non-hydrogen) atoms. The Morgan fingerprint density at radius 1 is 1.50 bits per heavy atom. The van der Waals surface area contributed by atoms with E-state index in [-0.39, 0.29) is 11.8 Å². The number of amides is 2. The molecule has 1 aromatic heterocycles. The second-order valence-electron chi connectivity index (χ2n) is 4.94. The number of carbonyl (C=O) groups is 2. The summed E-state index contributed by atoms with van der Waals surface area (Å²) in [6, 6.07) is -0.411. The van der Waals surface area contributed by atoms with Gasteiger partial charge in [-0.3, -0.25) is 14.5 Å². The highest BCUT2D eigenvalue weighted by Gasteiger charge is 2.33. The summed E-state index contributed by atoms with van der Waals surface area (Å²) in [5, 5.41) is 5.72. The predicted molar refractivity (Wildman–Crippen MR) is 77.4 cm³/mol. The van der Waals surface area contributed by atoms with Crippen molar-refractivity contribution in [3.63, 3.8) is 0 Å². The highest BCUT2D eigenvalue weighted by molar-refractivity contribution is 7.09. The van der Waals surface area contributed by atoms with E-state index in [2.05, 4.69) is 15.2 Å². The summed E-state index contributed by atoms with van der Waals surface area (Å²) >= 11 is 1.63. The van der Waals surface area contributed by atoms with Crippen LogP contribution in [-0.4, -0.2) is 59.3 Å². The van der Waals surface area contributed by atoms with Crippen molar-refractivity contribution in [3.8, 4) is 0 Å². The lowest BCUT2D eigenvalue weighted by atomic mass is 10.1. The number of nitrogens with zero attached hydrogens (tertiary/aromatic N) is 3. The molecule has 0 aromatic carbocycles. The predicted octanol–water partition coefficient (Wildman–Crippen LogP) is 0.230. The van der Waals surface area contributed by atoms with Crippen LogP contribution in [0.1, 0.15) is 17.6 Å². The number of aryl methyl sites for hydroxylation is 1. The van der Waals surface area contributed by atoms with Gasteiger partial charge in [-0.15, -0.1) is 11.3 Å². The number of thiazole rings is 1. The lowest BCUT2D eigenvalue weighted by Crippen LogP contribution is -2.59. The fraction of sp³-hybridized carbons (Fsp3) is 0.615. The van der Waals surface area contributed by atoms with Crippen LogP contribution >= 0.6 is 11.3 Å². The van der Waals surface area contributed by atoms with E-state index < -0.39 is 6.04 Å². The van der Waals surface area contributed by atoms with Crippen LogP contribution in [0.5, 0.6) is 0 Å². The van der Waals surface area contributed by atoms with Crippen molar-refractivity contribution in [2.24, 2.45) is 0 Å². The molecule has 2 amide bonds. The molecule has 0 saturated carbocycles. The van der Waals surface area contributed by atoms with Gasteiger partial charge < -0.3 is 10.2 Å². The van der Waals surface area contributed by atoms with Crippen LogP contribution < -0.4 is 5.32 Å². The van der Waals surface area contributed by atoms with Crippen LogP contribution in [-0.2, 0) is 16.1 Å². The molecule has 1 N–H and O–H groups in total. The summed E-state index contributed by atoms with van der Waals surface area (Å²) in [5.74, 6) is -0.165. The molecule has 2 rings (SSSR count). The van der Waals surface area contributed by atoms with Crippen molar-refractivity contribution in [2.45, 2.75) is 26.4 Å². The summed E-state index contributed by atoms with van der Waals surface area (Å²) in [6.45, 7) is 6.12. The largest absolute Gasteiger partial charge is 0.357 e. The zero-order chi connectivity index (χ0) is 14.7. The molecule has 1 saturated heterocycles. The van der Waals surface area contributed by atoms with Crippen LogP contribution in [0, 0.1) is 6.92 Å². The number of piperazine rings is 1. The van der Waals surface area contributed by atoms with Crippen LogP contribution in [0.2, 0.25) is 0 Å². The minimum atomic E-state index is -0.411. The second kappa shape index (κ2) is 6.32. The van der Waals surface area contributed by atoms with E-state index in [9.17, 15) is 9.59 Å². The van der Waals surface area contributed by atoms with Gasteiger partial charge in [0.1, 0.15) is 6.04 Å². The number of hydrogen-bond donors (Lipinski definition) is 1. The maximum atomic E-state index is 11.9. The number of nitrogens with one attached hydrogen (secondary N) is 1. The molecule has 2 heterocycles. The first-order chi connectivity index (χ1) is 9.51. The maximum absolute atomic E-state index is 11.9. The molecule has 1 fully saturated rings. The normalized spacial score (nSPS) is 19.9. The third-order valence-electron chi connectivity index (χ3n) is 3.47. The molecule has 0 aliphatic carbocycles. The van der Waals surface area contributed by atoms with Crippen molar-refractivity contribution >= 4 is 23.2 Å². The van der Waals surface area contributed by atoms with Gasteiger partial charge in [0.05, 0.1) is 10.7 Å². The smallest absolute Gasteiger partial charge is 0.243 e. The van der Waals surface area contributed by atoms with Crippen LogP contribution in [0.15, 0.2) is 5.38 Å². The van der Waals surface area contributed by atoms with E-state index in [0.717, 1.165) is 23.8 Å².